The largest absolute Gasteiger partial charge is 0.491 e. The van der Waals surface area contributed by atoms with E-state index in [-0.39, 0.29) is 13.2 Å². The molecule has 0 aliphatic heterocycles. The van der Waals surface area contributed by atoms with Gasteiger partial charge in [0, 0.05) is 28.9 Å². The Hall–Kier alpha value is -3.32. The van der Waals surface area contributed by atoms with Gasteiger partial charge in [-0.1, -0.05) is 0 Å². The first kappa shape index (κ1) is 17.8. The number of rotatable bonds is 6. The first-order chi connectivity index (χ1) is 14.2. The van der Waals surface area contributed by atoms with Gasteiger partial charge in [0.1, 0.15) is 12.4 Å². The molecule has 1 fully saturated rings. The van der Waals surface area contributed by atoms with E-state index in [1.807, 2.05) is 37.4 Å². The van der Waals surface area contributed by atoms with Crippen molar-refractivity contribution in [2.24, 2.45) is 0 Å². The average molecular weight is 387 g/mol. The first-order valence-corrected chi connectivity index (χ1v) is 9.75. The van der Waals surface area contributed by atoms with Crippen molar-refractivity contribution in [1.82, 2.24) is 25.1 Å². The van der Waals surface area contributed by atoms with Gasteiger partial charge in [-0.2, -0.15) is 5.10 Å². The summed E-state index contributed by atoms with van der Waals surface area (Å²) in [5.74, 6) is 1.23. The summed E-state index contributed by atoms with van der Waals surface area (Å²) in [6, 6.07) is 9.73. The smallest absolute Gasteiger partial charge is 0.182 e. The third-order valence-electron chi connectivity index (χ3n) is 5.10. The Bertz CT molecular complexity index is 1150. The summed E-state index contributed by atoms with van der Waals surface area (Å²) in [4.78, 5) is 13.8. The normalized spacial score (nSPS) is 13.7. The van der Waals surface area contributed by atoms with E-state index >= 15 is 0 Å². The lowest BCUT2D eigenvalue weighted by Gasteiger charge is -2.09. The van der Waals surface area contributed by atoms with Crippen molar-refractivity contribution < 1.29 is 9.84 Å². The van der Waals surface area contributed by atoms with Gasteiger partial charge in [0.2, 0.25) is 0 Å². The van der Waals surface area contributed by atoms with Crippen LogP contribution < -0.4 is 4.74 Å². The van der Waals surface area contributed by atoms with E-state index in [0.717, 1.165) is 39.3 Å². The monoisotopic (exact) mass is 387 g/mol. The molecule has 1 aliphatic rings. The highest BCUT2D eigenvalue weighted by Gasteiger charge is 2.29. The van der Waals surface area contributed by atoms with E-state index in [9.17, 15) is 0 Å². The molecule has 7 heteroatoms. The summed E-state index contributed by atoms with van der Waals surface area (Å²) in [6.45, 7) is 2.19. The third-order valence-corrected chi connectivity index (χ3v) is 5.10. The summed E-state index contributed by atoms with van der Waals surface area (Å²) < 4.78 is 5.45. The van der Waals surface area contributed by atoms with Crippen LogP contribution in [0.2, 0.25) is 0 Å². The fourth-order valence-corrected chi connectivity index (χ4v) is 3.48. The number of aryl methyl sites for hydroxylation is 1. The Morgan fingerprint density at radius 3 is 2.62 bits per heavy atom. The molecule has 5 rings (SSSR count). The fraction of sp³-hybridized carbons (Fsp3) is 0.273. The number of hydrogen-bond donors (Lipinski definition) is 2. The van der Waals surface area contributed by atoms with Crippen LogP contribution in [-0.4, -0.2) is 43.5 Å². The Labute approximate surface area is 167 Å². The average Bonchev–Trinajstić information content (AvgIpc) is 3.51. The molecule has 2 N–H and O–H groups in total. The van der Waals surface area contributed by atoms with Crippen LogP contribution in [0, 0.1) is 6.92 Å². The lowest BCUT2D eigenvalue weighted by atomic mass is 10.0. The highest BCUT2D eigenvalue weighted by atomic mass is 16.5. The molecule has 0 bridgehead atoms. The van der Waals surface area contributed by atoms with Crippen LogP contribution in [-0.2, 0) is 0 Å². The molecule has 0 atom stereocenters. The molecule has 1 aliphatic carbocycles. The van der Waals surface area contributed by atoms with Crippen LogP contribution >= 0.6 is 0 Å². The number of ether oxygens (including phenoxy) is 1. The van der Waals surface area contributed by atoms with Crippen molar-refractivity contribution in [2.75, 3.05) is 13.2 Å². The maximum Gasteiger partial charge on any atom is 0.182 e. The zero-order valence-corrected chi connectivity index (χ0v) is 16.1. The quantitative estimate of drug-likeness (QED) is 0.524. The number of nitrogens with one attached hydrogen (secondary N) is 1. The minimum Gasteiger partial charge on any atom is -0.491 e. The van der Waals surface area contributed by atoms with Crippen molar-refractivity contribution >= 4 is 11.0 Å². The van der Waals surface area contributed by atoms with Crippen LogP contribution in [0.4, 0.5) is 0 Å². The zero-order valence-electron chi connectivity index (χ0n) is 16.1. The van der Waals surface area contributed by atoms with E-state index < -0.39 is 0 Å². The van der Waals surface area contributed by atoms with Gasteiger partial charge in [0.05, 0.1) is 35.3 Å². The second-order valence-corrected chi connectivity index (χ2v) is 7.30. The lowest BCUT2D eigenvalue weighted by molar-refractivity contribution is 0.201. The number of aromatic amines is 1. The summed E-state index contributed by atoms with van der Waals surface area (Å²) in [5, 5.41) is 17.6. The van der Waals surface area contributed by atoms with Crippen LogP contribution in [0.15, 0.2) is 42.7 Å². The van der Waals surface area contributed by atoms with Gasteiger partial charge < -0.3 is 9.84 Å². The number of hydrogen-bond acceptors (Lipinski definition) is 6. The maximum absolute atomic E-state index is 8.91. The van der Waals surface area contributed by atoms with Gasteiger partial charge in [-0.05, 0) is 50.1 Å². The topological polar surface area (TPSA) is 96.8 Å². The van der Waals surface area contributed by atoms with Crippen LogP contribution in [0.5, 0.6) is 5.75 Å². The second-order valence-electron chi connectivity index (χ2n) is 7.30. The summed E-state index contributed by atoms with van der Waals surface area (Å²) in [7, 11) is 0. The van der Waals surface area contributed by atoms with Gasteiger partial charge >= 0.3 is 0 Å². The molecule has 4 aromatic rings. The highest BCUT2D eigenvalue weighted by Crippen LogP contribution is 2.44. The van der Waals surface area contributed by atoms with Crippen molar-refractivity contribution in [3.05, 3.63) is 54.1 Å². The molecule has 1 aromatic carbocycles. The second kappa shape index (κ2) is 7.25. The molecule has 146 valence electrons. The number of nitrogens with zero attached hydrogens (tertiary/aromatic N) is 4. The van der Waals surface area contributed by atoms with Gasteiger partial charge in [0.25, 0.3) is 0 Å². The van der Waals surface area contributed by atoms with Crippen molar-refractivity contribution in [3.8, 4) is 28.3 Å². The number of pyridine rings is 1. The number of aliphatic hydroxyl groups excluding tert-OH is 1. The molecule has 0 spiro atoms. The van der Waals surface area contributed by atoms with Gasteiger partial charge in [-0.25, -0.2) is 4.98 Å². The predicted octanol–water partition coefficient (Wildman–Crippen LogP) is 3.64. The summed E-state index contributed by atoms with van der Waals surface area (Å²) >= 11 is 0. The Kier molecular flexibility index (Phi) is 4.44. The SMILES string of the molecule is Cc1cnc(-c2cc(-c3ccc(OCCO)cc3)nc3n[nH]c(C4CC4)c23)cn1. The first-order valence-electron chi connectivity index (χ1n) is 9.75. The van der Waals surface area contributed by atoms with Crippen LogP contribution in [0.25, 0.3) is 33.5 Å². The standard InChI is InChI=1S/C22H21N5O2/c1-13-11-24-19(12-23-13)17-10-18(14-4-6-16(7-5-14)29-9-8-28)25-22-20(17)21(26-27-22)15-2-3-15/h4-7,10-12,15,28H,2-3,8-9H2,1H3,(H,25,26,27). The fourth-order valence-electron chi connectivity index (χ4n) is 3.48. The Morgan fingerprint density at radius 1 is 1.10 bits per heavy atom. The van der Waals surface area contributed by atoms with Crippen molar-refractivity contribution in [2.45, 2.75) is 25.7 Å². The molecule has 29 heavy (non-hydrogen) atoms. The number of H-pyrrole nitrogens is 1. The minimum atomic E-state index is -0.0105. The van der Waals surface area contributed by atoms with Crippen LogP contribution in [0.1, 0.15) is 30.1 Å². The zero-order chi connectivity index (χ0) is 19.8. The third kappa shape index (κ3) is 3.45. The number of fused-ring (bicyclic) bond motifs is 1. The molecule has 0 radical (unpaired) electrons. The van der Waals surface area contributed by atoms with E-state index in [4.69, 9.17) is 14.8 Å². The van der Waals surface area contributed by atoms with Gasteiger partial charge in [-0.3, -0.25) is 15.1 Å². The maximum atomic E-state index is 8.91. The van der Waals surface area contributed by atoms with Crippen molar-refractivity contribution in [1.29, 1.82) is 0 Å². The molecule has 1 saturated carbocycles. The molecule has 3 aromatic heterocycles. The predicted molar refractivity (Wildman–Crippen MR) is 110 cm³/mol. The number of aliphatic hydroxyl groups is 1. The Balaban J connectivity index is 1.63. The van der Waals surface area contributed by atoms with E-state index in [2.05, 4.69) is 26.2 Å². The number of benzene rings is 1. The minimum absolute atomic E-state index is 0.0105. The van der Waals surface area contributed by atoms with Gasteiger partial charge in [-0.15, -0.1) is 0 Å². The van der Waals surface area contributed by atoms with Gasteiger partial charge in [0.15, 0.2) is 5.65 Å². The molecule has 3 heterocycles. The van der Waals surface area contributed by atoms with Crippen LogP contribution in [0.3, 0.4) is 0 Å². The lowest BCUT2D eigenvalue weighted by Crippen LogP contribution is -2.01. The van der Waals surface area contributed by atoms with E-state index in [1.165, 1.54) is 12.8 Å². The molecule has 0 saturated heterocycles. The number of aromatic nitrogens is 5. The van der Waals surface area contributed by atoms with E-state index in [1.54, 1.807) is 6.20 Å². The summed E-state index contributed by atoms with van der Waals surface area (Å²) in [6.07, 6.45) is 5.94. The van der Waals surface area contributed by atoms with E-state index in [0.29, 0.717) is 17.3 Å². The molecule has 7 nitrogen and oxygen atoms in total. The molecular formula is C22H21N5O2. The molecule has 0 unspecified atom stereocenters. The molecular weight excluding hydrogens is 366 g/mol. The van der Waals surface area contributed by atoms with Crippen molar-refractivity contribution in [3.63, 3.8) is 0 Å². The summed E-state index contributed by atoms with van der Waals surface area (Å²) in [5.41, 5.74) is 6.31. The highest BCUT2D eigenvalue weighted by molar-refractivity contribution is 5.96. The Morgan fingerprint density at radius 2 is 1.93 bits per heavy atom. The molecule has 0 amide bonds.